The number of benzene rings is 2. The highest BCUT2D eigenvalue weighted by molar-refractivity contribution is 7.15. The van der Waals surface area contributed by atoms with Gasteiger partial charge in [-0.3, -0.25) is 10.1 Å². The van der Waals surface area contributed by atoms with Crippen LogP contribution in [0.1, 0.15) is 33.3 Å². The van der Waals surface area contributed by atoms with Gasteiger partial charge in [-0.25, -0.2) is 4.98 Å². The molecule has 3 rings (SSSR count). The summed E-state index contributed by atoms with van der Waals surface area (Å²) in [4.78, 5) is 17.0. The molecule has 0 bridgehead atoms. The molecule has 0 fully saturated rings. The third-order valence-electron chi connectivity index (χ3n) is 3.94. The van der Waals surface area contributed by atoms with Gasteiger partial charge in [0.05, 0.1) is 12.2 Å². The summed E-state index contributed by atoms with van der Waals surface area (Å²) in [5, 5.41) is 3.18. The Balaban J connectivity index is 1.71. The van der Waals surface area contributed by atoms with Gasteiger partial charge in [0.1, 0.15) is 5.75 Å². The highest BCUT2D eigenvalue weighted by Gasteiger charge is 2.33. The Morgan fingerprint density at radius 1 is 1.21 bits per heavy atom. The first-order valence-corrected chi connectivity index (χ1v) is 9.80. The molecule has 0 unspecified atom stereocenters. The monoisotopic (exact) mass is 440 g/mol. The molecule has 9 heteroatoms. The summed E-state index contributed by atoms with van der Waals surface area (Å²) >= 11 is 6.97. The molecular weight excluding hydrogens is 425 g/mol. The van der Waals surface area contributed by atoms with Crippen LogP contribution < -0.4 is 10.1 Å². The van der Waals surface area contributed by atoms with Crippen LogP contribution in [0.5, 0.6) is 5.75 Å². The van der Waals surface area contributed by atoms with E-state index < -0.39 is 11.7 Å². The van der Waals surface area contributed by atoms with Crippen LogP contribution >= 0.6 is 22.9 Å². The lowest BCUT2D eigenvalue weighted by Gasteiger charge is -2.12. The van der Waals surface area contributed by atoms with Crippen molar-refractivity contribution in [3.05, 3.63) is 75.3 Å². The summed E-state index contributed by atoms with van der Waals surface area (Å²) in [6, 6.07) is 10.1. The van der Waals surface area contributed by atoms with Crippen molar-refractivity contribution in [3.63, 3.8) is 0 Å². The Morgan fingerprint density at radius 2 is 1.93 bits per heavy atom. The van der Waals surface area contributed by atoms with Crippen molar-refractivity contribution in [2.75, 3.05) is 11.9 Å². The molecule has 3 aromatic rings. The summed E-state index contributed by atoms with van der Waals surface area (Å²) in [6.07, 6.45) is -3.03. The topological polar surface area (TPSA) is 51.2 Å². The number of hydrogen-bond donors (Lipinski definition) is 1. The van der Waals surface area contributed by atoms with Crippen molar-refractivity contribution in [2.24, 2.45) is 0 Å². The molecule has 0 aliphatic heterocycles. The first kappa shape index (κ1) is 21.1. The zero-order valence-electron chi connectivity index (χ0n) is 15.2. The van der Waals surface area contributed by atoms with Crippen LogP contribution in [0, 0.1) is 0 Å². The predicted octanol–water partition coefficient (Wildman–Crippen LogP) is 6.06. The van der Waals surface area contributed by atoms with Crippen molar-refractivity contribution in [1.82, 2.24) is 4.98 Å². The number of halogens is 4. The second kappa shape index (κ2) is 8.84. The lowest BCUT2D eigenvalue weighted by atomic mass is 10.0. The lowest BCUT2D eigenvalue weighted by molar-refractivity contribution is -0.138. The van der Waals surface area contributed by atoms with Crippen LogP contribution in [0.3, 0.4) is 0 Å². The van der Waals surface area contributed by atoms with Gasteiger partial charge in [-0.15, -0.1) is 11.3 Å². The maximum Gasteiger partial charge on any atom is 0.416 e. The molecule has 0 spiro atoms. The molecule has 29 heavy (non-hydrogen) atoms. The van der Waals surface area contributed by atoms with Gasteiger partial charge >= 0.3 is 6.18 Å². The summed E-state index contributed by atoms with van der Waals surface area (Å²) in [5.41, 5.74) is -0.271. The van der Waals surface area contributed by atoms with E-state index in [4.69, 9.17) is 16.3 Å². The van der Waals surface area contributed by atoms with E-state index in [0.717, 1.165) is 17.4 Å². The number of nitrogens with zero attached hydrogens (tertiary/aromatic N) is 1. The number of amides is 1. The average Bonchev–Trinajstić information content (AvgIpc) is 3.08. The van der Waals surface area contributed by atoms with E-state index in [0.29, 0.717) is 27.9 Å². The van der Waals surface area contributed by atoms with Gasteiger partial charge in [0, 0.05) is 28.1 Å². The Hall–Kier alpha value is -2.58. The van der Waals surface area contributed by atoms with Crippen LogP contribution in [0.25, 0.3) is 0 Å². The number of carbonyl (C=O) groups excluding carboxylic acids is 1. The lowest BCUT2D eigenvalue weighted by Crippen LogP contribution is -2.11. The number of thiazole rings is 1. The minimum absolute atomic E-state index is 0.00595. The summed E-state index contributed by atoms with van der Waals surface area (Å²) in [6.45, 7) is 2.39. The highest BCUT2D eigenvalue weighted by atomic mass is 35.5. The molecule has 0 radical (unpaired) electrons. The molecule has 1 heterocycles. The predicted molar refractivity (Wildman–Crippen MR) is 107 cm³/mol. The number of aromatic nitrogens is 1. The van der Waals surface area contributed by atoms with E-state index in [1.54, 1.807) is 24.3 Å². The van der Waals surface area contributed by atoms with E-state index in [1.165, 1.54) is 18.3 Å². The Morgan fingerprint density at radius 3 is 2.59 bits per heavy atom. The molecule has 4 nitrogen and oxygen atoms in total. The molecule has 1 amide bonds. The van der Waals surface area contributed by atoms with Crippen molar-refractivity contribution in [3.8, 4) is 5.75 Å². The van der Waals surface area contributed by atoms with E-state index >= 15 is 0 Å². The number of hydrogen-bond acceptors (Lipinski definition) is 4. The third-order valence-corrected chi connectivity index (χ3v) is 5.09. The average molecular weight is 441 g/mol. The van der Waals surface area contributed by atoms with Gasteiger partial charge in [0.2, 0.25) is 0 Å². The van der Waals surface area contributed by atoms with Crippen LogP contribution in [0.15, 0.2) is 48.7 Å². The van der Waals surface area contributed by atoms with E-state index in [1.807, 2.05) is 6.92 Å². The van der Waals surface area contributed by atoms with Gasteiger partial charge in [-0.2, -0.15) is 13.2 Å². The molecule has 1 aromatic heterocycles. The SMILES string of the molecule is CCOc1ccc(C(=O)Nc2ncc(Cc3cc(Cl)ccc3C(F)(F)F)s2)cc1. The van der Waals surface area contributed by atoms with E-state index in [-0.39, 0.29) is 22.9 Å². The molecule has 0 aliphatic rings. The number of rotatable bonds is 6. The Labute approximate surface area is 174 Å². The minimum atomic E-state index is -4.48. The highest BCUT2D eigenvalue weighted by Crippen LogP contribution is 2.35. The smallest absolute Gasteiger partial charge is 0.416 e. The third kappa shape index (κ3) is 5.48. The number of carbonyl (C=O) groups is 1. The maximum absolute atomic E-state index is 13.2. The van der Waals surface area contributed by atoms with Gasteiger partial charge in [-0.1, -0.05) is 11.6 Å². The normalized spacial score (nSPS) is 11.3. The fraction of sp³-hybridized carbons (Fsp3) is 0.200. The van der Waals surface area contributed by atoms with Crippen molar-refractivity contribution >= 4 is 34.0 Å². The molecule has 0 atom stereocenters. The van der Waals surface area contributed by atoms with Crippen LogP contribution in [0.4, 0.5) is 18.3 Å². The minimum Gasteiger partial charge on any atom is -0.494 e. The zero-order valence-corrected chi connectivity index (χ0v) is 16.8. The van der Waals surface area contributed by atoms with Crippen molar-refractivity contribution < 1.29 is 22.7 Å². The largest absolute Gasteiger partial charge is 0.494 e. The fourth-order valence-corrected chi connectivity index (χ4v) is 3.68. The van der Waals surface area contributed by atoms with Gasteiger partial charge in [0.15, 0.2) is 5.13 Å². The molecule has 0 aliphatic carbocycles. The summed E-state index contributed by atoms with van der Waals surface area (Å²) in [5.74, 6) is 0.287. The molecule has 2 aromatic carbocycles. The van der Waals surface area contributed by atoms with Crippen LogP contribution in [0.2, 0.25) is 5.02 Å². The van der Waals surface area contributed by atoms with Crippen molar-refractivity contribution in [1.29, 1.82) is 0 Å². The number of ether oxygens (including phenoxy) is 1. The maximum atomic E-state index is 13.2. The molecule has 0 saturated carbocycles. The Kier molecular flexibility index (Phi) is 6.44. The molecule has 1 N–H and O–H groups in total. The van der Waals surface area contributed by atoms with E-state index in [2.05, 4.69) is 10.3 Å². The quantitative estimate of drug-likeness (QED) is 0.507. The number of anilines is 1. The van der Waals surface area contributed by atoms with Crippen molar-refractivity contribution in [2.45, 2.75) is 19.5 Å². The summed E-state index contributed by atoms with van der Waals surface area (Å²) < 4.78 is 44.9. The van der Waals surface area contributed by atoms with Gasteiger partial charge < -0.3 is 4.74 Å². The van der Waals surface area contributed by atoms with Gasteiger partial charge in [0.25, 0.3) is 5.91 Å². The second-order valence-electron chi connectivity index (χ2n) is 6.02. The molecule has 152 valence electrons. The number of nitrogens with one attached hydrogen (secondary N) is 1. The molecular formula is C20H16ClF3N2O2S. The summed E-state index contributed by atoms with van der Waals surface area (Å²) in [7, 11) is 0. The Bertz CT molecular complexity index is 1000. The standard InChI is InChI=1S/C20H16ClF3N2O2S/c1-2-28-15-6-3-12(4-7-15)18(27)26-19-25-11-16(29-19)10-13-9-14(21)5-8-17(13)20(22,23)24/h3-9,11H,2,10H2,1H3,(H,25,26,27). The van der Waals surface area contributed by atoms with Crippen LogP contribution in [-0.2, 0) is 12.6 Å². The fourth-order valence-electron chi connectivity index (χ4n) is 2.66. The van der Waals surface area contributed by atoms with Gasteiger partial charge in [-0.05, 0) is 55.0 Å². The second-order valence-corrected chi connectivity index (χ2v) is 7.57. The first-order valence-electron chi connectivity index (χ1n) is 8.61. The van der Waals surface area contributed by atoms with E-state index in [9.17, 15) is 18.0 Å². The first-order chi connectivity index (χ1) is 13.8. The zero-order chi connectivity index (χ0) is 21.0. The number of alkyl halides is 3. The van der Waals surface area contributed by atoms with Crippen LogP contribution in [-0.4, -0.2) is 17.5 Å². The molecule has 0 saturated heterocycles.